The van der Waals surface area contributed by atoms with Crippen LogP contribution in [-0.2, 0) is 53.9 Å². The standard InChI is InChI=1S/C31H36N8O10S2/c1-31(2)22(28(41)39(31)49-51(44,45)46)15-25(40)27(24-17-50-30(33)35-24)36-48-26(29(42)43)16-47-21-7-8-23-18(13-21)5-6-19(34-23)14-20-9-12-38(37(20)3)11-4-10-32/h5-9,12-13,17,22,26H,4,10-11,14-16,32H2,1-3H3,(H3-,33,35,42,43,44,45,46)/p+1/b36-27-/t22-,26+/m1/s1. The number of carbonyl (C=O) groups is 3. The van der Waals surface area contributed by atoms with Crippen molar-refractivity contribution in [2.75, 3.05) is 18.9 Å². The van der Waals surface area contributed by atoms with Crippen LogP contribution in [0, 0.1) is 5.92 Å². The first kappa shape index (κ1) is 37.2. The molecule has 6 N–H and O–H groups in total. The second-order valence-corrected chi connectivity index (χ2v) is 14.1. The van der Waals surface area contributed by atoms with Crippen molar-refractivity contribution in [2.24, 2.45) is 23.9 Å². The number of aliphatic carboxylic acids is 1. The van der Waals surface area contributed by atoms with E-state index in [1.54, 1.807) is 18.2 Å². The van der Waals surface area contributed by atoms with E-state index in [4.69, 9.17) is 30.6 Å². The van der Waals surface area contributed by atoms with E-state index in [1.807, 2.05) is 31.4 Å². The number of benzene rings is 1. The molecule has 0 bridgehead atoms. The first-order valence-corrected chi connectivity index (χ1v) is 17.8. The number of carbonyl (C=O) groups excluding carboxylic acids is 2. The number of carboxylic acids is 1. The van der Waals surface area contributed by atoms with Gasteiger partial charge in [0.25, 0.3) is 12.0 Å². The molecule has 1 aliphatic heterocycles. The SMILES string of the molecule is Cn1c(Cc2ccc3cc(OC[C@H](O/N=C(\C(=O)C[C@@H]4C(=O)N(OS(=O)(=O)O)C4(C)C)c4csc(N)n4)C(=O)O)ccc3n2)cc[n+]1CCCN. The summed E-state index contributed by atoms with van der Waals surface area (Å²) >= 11 is 0.986. The molecule has 1 fully saturated rings. The first-order chi connectivity index (χ1) is 24.1. The number of aryl methyl sites for hydroxylation is 1. The third-order valence-electron chi connectivity index (χ3n) is 8.32. The number of thiazole rings is 1. The molecule has 0 aliphatic carbocycles. The number of Topliss-reactive ketones (excluding diaryl/α,β-unsaturated/α-hetero) is 1. The van der Waals surface area contributed by atoms with Gasteiger partial charge in [-0.2, -0.15) is 18.2 Å². The van der Waals surface area contributed by atoms with Gasteiger partial charge in [0.15, 0.2) is 29.4 Å². The Morgan fingerprint density at radius 2 is 1.96 bits per heavy atom. The second kappa shape index (κ2) is 15.1. The van der Waals surface area contributed by atoms with Crippen LogP contribution in [0.15, 0.2) is 53.1 Å². The summed E-state index contributed by atoms with van der Waals surface area (Å²) in [6.07, 6.45) is 1.34. The van der Waals surface area contributed by atoms with Crippen molar-refractivity contribution in [3.8, 4) is 5.75 Å². The number of rotatable bonds is 17. The molecule has 0 spiro atoms. The van der Waals surface area contributed by atoms with E-state index >= 15 is 0 Å². The quantitative estimate of drug-likeness (QED) is 0.0387. The summed E-state index contributed by atoms with van der Waals surface area (Å²) in [4.78, 5) is 52.2. The highest BCUT2D eigenvalue weighted by Gasteiger charge is 2.57. The van der Waals surface area contributed by atoms with Crippen molar-refractivity contribution >= 4 is 61.1 Å². The van der Waals surface area contributed by atoms with Crippen LogP contribution < -0.4 is 20.9 Å². The summed E-state index contributed by atoms with van der Waals surface area (Å²) in [5, 5.41) is 16.3. The van der Waals surface area contributed by atoms with E-state index in [0.717, 1.165) is 41.1 Å². The predicted molar refractivity (Wildman–Crippen MR) is 182 cm³/mol. The van der Waals surface area contributed by atoms with E-state index < -0.39 is 64.4 Å². The molecule has 18 nitrogen and oxygen atoms in total. The maximum atomic E-state index is 13.4. The molecular weight excluding hydrogens is 709 g/mol. The number of oxime groups is 1. The number of ether oxygens (including phenoxy) is 1. The molecule has 1 amide bonds. The minimum Gasteiger partial charge on any atom is -0.489 e. The zero-order valence-corrected chi connectivity index (χ0v) is 29.5. The van der Waals surface area contributed by atoms with Gasteiger partial charge in [-0.25, -0.2) is 9.78 Å². The molecule has 4 heterocycles. The molecule has 3 aromatic heterocycles. The molecule has 272 valence electrons. The average molecular weight is 746 g/mol. The Hall–Kier alpha value is -5.02. The van der Waals surface area contributed by atoms with Crippen LogP contribution in [-0.4, -0.2) is 86.0 Å². The summed E-state index contributed by atoms with van der Waals surface area (Å²) in [6.45, 7) is 3.79. The fourth-order valence-corrected chi connectivity index (χ4v) is 6.44. The van der Waals surface area contributed by atoms with Crippen LogP contribution >= 0.6 is 11.3 Å². The number of hydrogen-bond donors (Lipinski definition) is 4. The molecule has 51 heavy (non-hydrogen) atoms. The van der Waals surface area contributed by atoms with Crippen LogP contribution in [0.25, 0.3) is 10.9 Å². The summed E-state index contributed by atoms with van der Waals surface area (Å²) in [7, 11) is -3.01. The molecule has 2 atom stereocenters. The van der Waals surface area contributed by atoms with E-state index in [9.17, 15) is 27.9 Å². The van der Waals surface area contributed by atoms with Crippen molar-refractivity contribution in [3.63, 3.8) is 0 Å². The van der Waals surface area contributed by atoms with Crippen molar-refractivity contribution in [1.29, 1.82) is 0 Å². The average Bonchev–Trinajstić information content (AvgIpc) is 3.66. The maximum Gasteiger partial charge on any atom is 0.418 e. The number of hydrogen-bond acceptors (Lipinski definition) is 14. The smallest absolute Gasteiger partial charge is 0.418 e. The van der Waals surface area contributed by atoms with E-state index in [0.29, 0.717) is 29.3 Å². The molecule has 0 saturated carbocycles. The predicted octanol–water partition coefficient (Wildman–Crippen LogP) is 1.02. The Morgan fingerprint density at radius 1 is 1.20 bits per heavy atom. The third-order valence-corrected chi connectivity index (χ3v) is 9.33. The number of anilines is 1. The fraction of sp³-hybridized carbons (Fsp3) is 0.387. The van der Waals surface area contributed by atoms with Crippen LogP contribution in [0.4, 0.5) is 5.13 Å². The van der Waals surface area contributed by atoms with Gasteiger partial charge < -0.3 is 26.1 Å². The van der Waals surface area contributed by atoms with Gasteiger partial charge in [0.2, 0.25) is 0 Å². The Balaban J connectivity index is 1.26. The Morgan fingerprint density at radius 3 is 2.61 bits per heavy atom. The highest BCUT2D eigenvalue weighted by atomic mass is 32.3. The van der Waals surface area contributed by atoms with Crippen LogP contribution in [0.1, 0.15) is 43.8 Å². The molecule has 1 aromatic carbocycles. The lowest BCUT2D eigenvalue weighted by atomic mass is 9.74. The second-order valence-electron chi connectivity index (χ2n) is 12.2. The minimum atomic E-state index is -5.00. The van der Waals surface area contributed by atoms with Crippen LogP contribution in [0.2, 0.25) is 0 Å². The molecule has 5 rings (SSSR count). The largest absolute Gasteiger partial charge is 0.489 e. The fourth-order valence-electron chi connectivity index (χ4n) is 5.44. The van der Waals surface area contributed by atoms with Gasteiger partial charge in [-0.15, -0.1) is 20.3 Å². The van der Waals surface area contributed by atoms with Crippen molar-refractivity contribution in [1.82, 2.24) is 19.7 Å². The van der Waals surface area contributed by atoms with Gasteiger partial charge in [0.1, 0.15) is 18.1 Å². The lowest BCUT2D eigenvalue weighted by Gasteiger charge is -2.50. The number of ketones is 1. The normalized spacial score (nSPS) is 16.6. The number of aromatic nitrogens is 4. The third kappa shape index (κ3) is 8.66. The summed E-state index contributed by atoms with van der Waals surface area (Å²) in [5.41, 5.74) is 12.3. The van der Waals surface area contributed by atoms with Gasteiger partial charge in [0, 0.05) is 41.8 Å². The number of carboxylic acid groups (broad SMARTS) is 1. The molecule has 1 saturated heterocycles. The van der Waals surface area contributed by atoms with Crippen LogP contribution in [0.5, 0.6) is 5.75 Å². The molecule has 0 radical (unpaired) electrons. The van der Waals surface area contributed by atoms with E-state index in [-0.39, 0.29) is 10.8 Å². The highest BCUT2D eigenvalue weighted by molar-refractivity contribution is 7.80. The maximum absolute atomic E-state index is 13.4. The van der Waals surface area contributed by atoms with Gasteiger partial charge in [-0.1, -0.05) is 11.2 Å². The summed E-state index contributed by atoms with van der Waals surface area (Å²) in [6, 6.07) is 10.9. The number of hydroxylamine groups is 2. The van der Waals surface area contributed by atoms with Gasteiger partial charge in [0.05, 0.1) is 29.7 Å². The van der Waals surface area contributed by atoms with E-state index in [2.05, 4.69) is 23.8 Å². The first-order valence-electron chi connectivity index (χ1n) is 15.6. The molecule has 4 aromatic rings. The Labute approximate surface area is 296 Å². The molecule has 0 unspecified atom stereocenters. The van der Waals surface area contributed by atoms with Crippen LogP contribution in [0.3, 0.4) is 0 Å². The molecule has 20 heteroatoms. The monoisotopic (exact) mass is 745 g/mol. The van der Waals surface area contributed by atoms with Gasteiger partial charge in [-0.3, -0.25) is 19.1 Å². The number of amides is 1. The summed E-state index contributed by atoms with van der Waals surface area (Å²) < 4.78 is 45.5. The number of fused-ring (bicyclic) bond motifs is 1. The number of nitrogen functional groups attached to an aromatic ring is 1. The number of pyridine rings is 1. The summed E-state index contributed by atoms with van der Waals surface area (Å²) in [5.74, 6) is -3.84. The van der Waals surface area contributed by atoms with Gasteiger partial charge in [-0.05, 0) is 44.7 Å². The van der Waals surface area contributed by atoms with Crippen molar-refractivity contribution < 1.29 is 51.0 Å². The Bertz CT molecular complexity index is 2100. The van der Waals surface area contributed by atoms with Crippen molar-refractivity contribution in [3.05, 3.63) is 65.1 Å². The zero-order valence-electron chi connectivity index (χ0n) is 27.8. The van der Waals surface area contributed by atoms with Gasteiger partial charge >= 0.3 is 16.4 Å². The molecular formula is C31H37N8O10S2+. The van der Waals surface area contributed by atoms with E-state index in [1.165, 1.54) is 19.2 Å². The lowest BCUT2D eigenvalue weighted by molar-refractivity contribution is -0.773. The Kier molecular flexibility index (Phi) is 11.0. The minimum absolute atomic E-state index is 0.0255. The molecule has 1 aliphatic rings. The zero-order chi connectivity index (χ0) is 37.1. The number of nitrogens with two attached hydrogens (primary N) is 2. The highest BCUT2D eigenvalue weighted by Crippen LogP contribution is 2.40. The lowest BCUT2D eigenvalue weighted by Crippen LogP contribution is -2.68. The topological polar surface area (TPSA) is 256 Å². The number of β-lactam (4-membered cyclic amide) rings is 1. The van der Waals surface area contributed by atoms with Crippen molar-refractivity contribution in [2.45, 2.75) is 51.3 Å². The number of nitrogens with zero attached hydrogens (tertiary/aromatic N) is 6.